The van der Waals surface area contributed by atoms with Crippen LogP contribution in [0.4, 0.5) is 14.5 Å². The number of hydrogen-bond donors (Lipinski definition) is 2. The number of carboxylic acids is 1. The fraction of sp³-hybridized carbons (Fsp3) is 0.417. The monoisotopic (exact) mass is 307 g/mol. The van der Waals surface area contributed by atoms with Crippen LogP contribution in [-0.4, -0.2) is 31.3 Å². The van der Waals surface area contributed by atoms with Gasteiger partial charge >= 0.3 is 11.7 Å². The van der Waals surface area contributed by atoms with Crippen molar-refractivity contribution in [3.8, 4) is 0 Å². The number of nitrogens with one attached hydrogen (secondary N) is 1. The summed E-state index contributed by atoms with van der Waals surface area (Å²) in [6.07, 6.45) is 1.05. The van der Waals surface area contributed by atoms with Gasteiger partial charge in [0.05, 0.1) is 4.90 Å². The Morgan fingerprint density at radius 1 is 1.30 bits per heavy atom. The van der Waals surface area contributed by atoms with Crippen molar-refractivity contribution in [2.75, 3.05) is 5.32 Å². The minimum absolute atomic E-state index is 0.360. The highest BCUT2D eigenvalue weighted by molar-refractivity contribution is 7.91. The first-order valence-corrected chi connectivity index (χ1v) is 7.45. The second-order valence-electron chi connectivity index (χ2n) is 4.15. The number of carboxylic acid groups (broad SMARTS) is 1. The number of anilines is 1. The van der Waals surface area contributed by atoms with Crippen molar-refractivity contribution in [1.29, 1.82) is 0 Å². The predicted octanol–water partition coefficient (Wildman–Crippen LogP) is 2.35. The molecule has 20 heavy (non-hydrogen) atoms. The highest BCUT2D eigenvalue weighted by Crippen LogP contribution is 2.21. The van der Waals surface area contributed by atoms with Crippen LogP contribution < -0.4 is 5.32 Å². The van der Waals surface area contributed by atoms with Gasteiger partial charge in [0.2, 0.25) is 9.84 Å². The Hall–Kier alpha value is -1.70. The lowest BCUT2D eigenvalue weighted by molar-refractivity contribution is -0.138. The molecule has 0 aromatic heterocycles. The van der Waals surface area contributed by atoms with Crippen LogP contribution in [0.5, 0.6) is 0 Å². The van der Waals surface area contributed by atoms with Gasteiger partial charge in [-0.15, -0.1) is 0 Å². The van der Waals surface area contributed by atoms with Crippen LogP contribution in [0.15, 0.2) is 29.2 Å². The summed E-state index contributed by atoms with van der Waals surface area (Å²) in [6.45, 7) is 1.83. The molecule has 0 radical (unpaired) electrons. The second kappa shape index (κ2) is 6.65. The van der Waals surface area contributed by atoms with Gasteiger partial charge in [-0.05, 0) is 30.7 Å². The number of sulfone groups is 1. The Labute approximate surface area is 115 Å². The smallest absolute Gasteiger partial charge is 0.341 e. The van der Waals surface area contributed by atoms with Crippen molar-refractivity contribution in [3.05, 3.63) is 24.3 Å². The molecule has 2 N–H and O–H groups in total. The zero-order valence-electron chi connectivity index (χ0n) is 10.7. The molecular formula is C12H15F2NO4S. The van der Waals surface area contributed by atoms with Crippen molar-refractivity contribution in [3.63, 3.8) is 0 Å². The molecule has 0 spiro atoms. The van der Waals surface area contributed by atoms with Crippen molar-refractivity contribution >= 4 is 21.5 Å². The summed E-state index contributed by atoms with van der Waals surface area (Å²) in [5.74, 6) is -4.51. The van der Waals surface area contributed by atoms with Crippen LogP contribution in [-0.2, 0) is 14.6 Å². The fourth-order valence-electron chi connectivity index (χ4n) is 1.59. The van der Waals surface area contributed by atoms with E-state index in [1.807, 2.05) is 6.92 Å². The zero-order chi connectivity index (χ0) is 15.3. The molecule has 1 unspecified atom stereocenters. The highest BCUT2D eigenvalue weighted by Gasteiger charge is 2.26. The van der Waals surface area contributed by atoms with Crippen molar-refractivity contribution in [2.45, 2.75) is 36.5 Å². The predicted molar refractivity (Wildman–Crippen MR) is 69.6 cm³/mol. The maximum absolute atomic E-state index is 12.3. The molecule has 0 bridgehead atoms. The molecule has 0 heterocycles. The average Bonchev–Trinajstić information content (AvgIpc) is 2.38. The van der Waals surface area contributed by atoms with Crippen molar-refractivity contribution in [1.82, 2.24) is 0 Å². The van der Waals surface area contributed by atoms with E-state index in [0.29, 0.717) is 18.5 Å². The standard InChI is InChI=1S/C12H15F2NO4S/c1-2-3-10(11(16)17)15-8-4-6-9(7-5-8)20(18,19)12(13)14/h4-7,10,12,15H,2-3H2,1H3,(H,16,17). The molecule has 0 aliphatic heterocycles. The first-order chi connectivity index (χ1) is 9.28. The van der Waals surface area contributed by atoms with E-state index in [4.69, 9.17) is 5.11 Å². The SMILES string of the molecule is CCCC(Nc1ccc(S(=O)(=O)C(F)F)cc1)C(=O)O. The van der Waals surface area contributed by atoms with E-state index in [1.54, 1.807) is 0 Å². The van der Waals surface area contributed by atoms with Crippen LogP contribution in [0.3, 0.4) is 0 Å². The van der Waals surface area contributed by atoms with Gasteiger partial charge in [-0.25, -0.2) is 13.2 Å². The lowest BCUT2D eigenvalue weighted by Gasteiger charge is -2.15. The number of benzene rings is 1. The van der Waals surface area contributed by atoms with E-state index in [1.165, 1.54) is 12.1 Å². The van der Waals surface area contributed by atoms with E-state index in [2.05, 4.69) is 5.32 Å². The van der Waals surface area contributed by atoms with E-state index in [0.717, 1.165) is 12.1 Å². The largest absolute Gasteiger partial charge is 0.480 e. The van der Waals surface area contributed by atoms with Gasteiger partial charge in [-0.3, -0.25) is 0 Å². The fourth-order valence-corrected chi connectivity index (χ4v) is 2.31. The van der Waals surface area contributed by atoms with E-state index in [9.17, 15) is 22.0 Å². The molecule has 0 saturated heterocycles. The first-order valence-electron chi connectivity index (χ1n) is 5.90. The Balaban J connectivity index is 2.89. The number of hydrogen-bond acceptors (Lipinski definition) is 4. The number of aliphatic carboxylic acids is 1. The lowest BCUT2D eigenvalue weighted by atomic mass is 10.1. The maximum Gasteiger partial charge on any atom is 0.341 e. The van der Waals surface area contributed by atoms with Gasteiger partial charge in [0, 0.05) is 5.69 Å². The van der Waals surface area contributed by atoms with Crippen molar-refractivity contribution in [2.24, 2.45) is 0 Å². The number of carbonyl (C=O) groups is 1. The quantitative estimate of drug-likeness (QED) is 0.808. The van der Waals surface area contributed by atoms with Crippen LogP contribution >= 0.6 is 0 Å². The zero-order valence-corrected chi connectivity index (χ0v) is 11.5. The summed E-state index contributed by atoms with van der Waals surface area (Å²) in [6, 6.07) is 3.77. The molecule has 0 fully saturated rings. The van der Waals surface area contributed by atoms with Gasteiger partial charge < -0.3 is 10.4 Å². The van der Waals surface area contributed by atoms with Gasteiger partial charge in [0.15, 0.2) is 0 Å². The third kappa shape index (κ3) is 3.89. The Morgan fingerprint density at radius 3 is 2.25 bits per heavy atom. The molecule has 1 aromatic rings. The summed E-state index contributed by atoms with van der Waals surface area (Å²) in [5, 5.41) is 11.7. The molecule has 1 atom stereocenters. The van der Waals surface area contributed by atoms with E-state index in [-0.39, 0.29) is 0 Å². The number of halogens is 2. The summed E-state index contributed by atoms with van der Waals surface area (Å²) < 4.78 is 47.1. The van der Waals surface area contributed by atoms with Crippen LogP contribution in [0, 0.1) is 0 Å². The topological polar surface area (TPSA) is 83.5 Å². The Kier molecular flexibility index (Phi) is 5.43. The molecule has 0 aliphatic rings. The summed E-state index contributed by atoms with van der Waals surface area (Å²) in [7, 11) is -4.63. The van der Waals surface area contributed by atoms with Gasteiger partial charge in [-0.1, -0.05) is 13.3 Å². The first kappa shape index (κ1) is 16.4. The van der Waals surface area contributed by atoms with Gasteiger partial charge in [-0.2, -0.15) is 8.78 Å². The Bertz CT molecular complexity index is 557. The molecule has 112 valence electrons. The molecule has 8 heteroatoms. The molecule has 0 aliphatic carbocycles. The van der Waals surface area contributed by atoms with Gasteiger partial charge in [0.1, 0.15) is 6.04 Å². The third-order valence-electron chi connectivity index (χ3n) is 2.63. The summed E-state index contributed by atoms with van der Waals surface area (Å²) >= 11 is 0. The van der Waals surface area contributed by atoms with Crippen LogP contribution in [0.1, 0.15) is 19.8 Å². The van der Waals surface area contributed by atoms with Gasteiger partial charge in [0.25, 0.3) is 0 Å². The van der Waals surface area contributed by atoms with Crippen LogP contribution in [0.25, 0.3) is 0 Å². The van der Waals surface area contributed by atoms with E-state index >= 15 is 0 Å². The third-order valence-corrected chi connectivity index (χ3v) is 4.03. The average molecular weight is 307 g/mol. The Morgan fingerprint density at radius 2 is 1.85 bits per heavy atom. The molecule has 1 aromatic carbocycles. The molecule has 0 saturated carbocycles. The molecule has 5 nitrogen and oxygen atoms in total. The molecular weight excluding hydrogens is 292 g/mol. The summed E-state index contributed by atoms with van der Waals surface area (Å²) in [5.41, 5.74) is 0.360. The normalized spacial score (nSPS) is 13.2. The molecule has 1 rings (SSSR count). The van der Waals surface area contributed by atoms with Crippen LogP contribution in [0.2, 0.25) is 0 Å². The number of alkyl halides is 2. The lowest BCUT2D eigenvalue weighted by Crippen LogP contribution is -2.28. The highest BCUT2D eigenvalue weighted by atomic mass is 32.2. The maximum atomic E-state index is 12.3. The minimum atomic E-state index is -4.63. The molecule has 0 amide bonds. The van der Waals surface area contributed by atoms with E-state index < -0.39 is 32.5 Å². The minimum Gasteiger partial charge on any atom is -0.480 e. The van der Waals surface area contributed by atoms with Crippen molar-refractivity contribution < 1.29 is 27.1 Å². The number of rotatable bonds is 7. The second-order valence-corrected chi connectivity index (χ2v) is 6.07. The summed E-state index contributed by atoms with van der Waals surface area (Å²) in [4.78, 5) is 10.5.